The van der Waals surface area contributed by atoms with Crippen LogP contribution < -0.4 is 5.32 Å². The van der Waals surface area contributed by atoms with Crippen molar-refractivity contribution in [3.8, 4) is 0 Å². The molecule has 0 atom stereocenters. The molecule has 4 nitrogen and oxygen atoms in total. The van der Waals surface area contributed by atoms with E-state index in [-0.39, 0.29) is 5.69 Å². The van der Waals surface area contributed by atoms with Crippen LogP contribution in [-0.2, 0) is 12.8 Å². The van der Waals surface area contributed by atoms with Crippen molar-refractivity contribution in [3.05, 3.63) is 53.3 Å². The number of fused-ring (bicyclic) bond motifs is 1. The monoisotopic (exact) mass is 254 g/mol. The Morgan fingerprint density at radius 2 is 1.89 bits per heavy atom. The molecular formula is C15H14N2O2. The van der Waals surface area contributed by atoms with Crippen molar-refractivity contribution in [1.29, 1.82) is 0 Å². The Hall–Kier alpha value is -2.36. The third kappa shape index (κ3) is 2.42. The highest BCUT2D eigenvalue weighted by atomic mass is 16.4. The summed E-state index contributed by atoms with van der Waals surface area (Å²) in [6, 6.07) is 9.59. The van der Waals surface area contributed by atoms with Gasteiger partial charge in [0.05, 0.1) is 11.9 Å². The number of nitrogens with zero attached hydrogens (tertiary/aromatic N) is 1. The number of hydrogen-bond acceptors (Lipinski definition) is 3. The Balaban J connectivity index is 1.79. The fourth-order valence-corrected chi connectivity index (χ4v) is 2.41. The Labute approximate surface area is 111 Å². The topological polar surface area (TPSA) is 62.2 Å². The molecule has 1 aliphatic rings. The Kier molecular flexibility index (Phi) is 2.91. The third-order valence-corrected chi connectivity index (χ3v) is 3.37. The van der Waals surface area contributed by atoms with E-state index in [2.05, 4.69) is 28.5 Å². The number of carboxylic acid groups (broad SMARTS) is 1. The van der Waals surface area contributed by atoms with Gasteiger partial charge in [0.15, 0.2) is 0 Å². The minimum Gasteiger partial charge on any atom is -0.477 e. The molecule has 0 unspecified atom stereocenters. The van der Waals surface area contributed by atoms with Crippen molar-refractivity contribution < 1.29 is 9.90 Å². The lowest BCUT2D eigenvalue weighted by Gasteiger charge is -2.08. The van der Waals surface area contributed by atoms with Gasteiger partial charge in [0, 0.05) is 5.69 Å². The molecule has 96 valence electrons. The van der Waals surface area contributed by atoms with Gasteiger partial charge in [-0.2, -0.15) is 0 Å². The molecule has 0 spiro atoms. The fraction of sp³-hybridized carbons (Fsp3) is 0.200. The van der Waals surface area contributed by atoms with Gasteiger partial charge in [0.2, 0.25) is 0 Å². The first-order chi connectivity index (χ1) is 9.22. The number of carbonyl (C=O) groups is 1. The zero-order valence-electron chi connectivity index (χ0n) is 10.4. The van der Waals surface area contributed by atoms with Crippen LogP contribution in [0.4, 0.5) is 11.4 Å². The van der Waals surface area contributed by atoms with E-state index in [4.69, 9.17) is 5.11 Å². The van der Waals surface area contributed by atoms with E-state index in [1.54, 1.807) is 6.07 Å². The van der Waals surface area contributed by atoms with Gasteiger partial charge in [-0.1, -0.05) is 6.07 Å². The average Bonchev–Trinajstić information content (AvgIpc) is 2.87. The first-order valence-corrected chi connectivity index (χ1v) is 6.30. The molecule has 0 aliphatic heterocycles. The quantitative estimate of drug-likeness (QED) is 0.883. The SMILES string of the molecule is O=C(O)c1ccc(Nc2ccc3c(c2)CCC3)cn1. The van der Waals surface area contributed by atoms with Crippen molar-refractivity contribution in [1.82, 2.24) is 4.98 Å². The summed E-state index contributed by atoms with van der Waals surface area (Å²) in [4.78, 5) is 14.6. The highest BCUT2D eigenvalue weighted by molar-refractivity contribution is 5.85. The van der Waals surface area contributed by atoms with Crippen molar-refractivity contribution in [2.24, 2.45) is 0 Å². The number of hydrogen-bond donors (Lipinski definition) is 2. The molecule has 2 N–H and O–H groups in total. The first-order valence-electron chi connectivity index (χ1n) is 6.30. The Morgan fingerprint density at radius 1 is 1.11 bits per heavy atom. The smallest absolute Gasteiger partial charge is 0.354 e. The zero-order chi connectivity index (χ0) is 13.2. The van der Waals surface area contributed by atoms with Gasteiger partial charge in [-0.15, -0.1) is 0 Å². The van der Waals surface area contributed by atoms with Gasteiger partial charge in [0.1, 0.15) is 5.69 Å². The molecule has 4 heteroatoms. The van der Waals surface area contributed by atoms with E-state index in [1.807, 2.05) is 0 Å². The van der Waals surface area contributed by atoms with E-state index in [0.29, 0.717) is 0 Å². The summed E-state index contributed by atoms with van der Waals surface area (Å²) in [5, 5.41) is 12.0. The van der Waals surface area contributed by atoms with Crippen molar-refractivity contribution in [2.75, 3.05) is 5.32 Å². The molecule has 0 saturated carbocycles. The molecule has 0 bridgehead atoms. The molecular weight excluding hydrogens is 240 g/mol. The van der Waals surface area contributed by atoms with Crippen LogP contribution in [0.15, 0.2) is 36.5 Å². The summed E-state index contributed by atoms with van der Waals surface area (Å²) in [5.74, 6) is -1.01. The number of pyridine rings is 1. The minimum absolute atomic E-state index is 0.0551. The zero-order valence-corrected chi connectivity index (χ0v) is 10.4. The second-order valence-corrected chi connectivity index (χ2v) is 4.70. The standard InChI is InChI=1S/C15H14N2O2/c18-15(19)14-7-6-13(9-16-14)17-12-5-4-10-2-1-3-11(10)8-12/h4-9,17H,1-3H2,(H,18,19). The number of benzene rings is 1. The lowest BCUT2D eigenvalue weighted by Crippen LogP contribution is -2.00. The van der Waals surface area contributed by atoms with E-state index in [9.17, 15) is 4.79 Å². The summed E-state index contributed by atoms with van der Waals surface area (Å²) in [5.41, 5.74) is 4.71. The van der Waals surface area contributed by atoms with E-state index in [1.165, 1.54) is 36.2 Å². The van der Waals surface area contributed by atoms with Crippen molar-refractivity contribution in [2.45, 2.75) is 19.3 Å². The van der Waals surface area contributed by atoms with Crippen LogP contribution in [0.3, 0.4) is 0 Å². The molecule has 0 fully saturated rings. The minimum atomic E-state index is -1.01. The van der Waals surface area contributed by atoms with Crippen LogP contribution in [-0.4, -0.2) is 16.1 Å². The van der Waals surface area contributed by atoms with Crippen LogP contribution >= 0.6 is 0 Å². The van der Waals surface area contributed by atoms with Gasteiger partial charge in [0.25, 0.3) is 0 Å². The normalized spacial score (nSPS) is 13.1. The maximum absolute atomic E-state index is 10.7. The summed E-state index contributed by atoms with van der Waals surface area (Å²) < 4.78 is 0. The highest BCUT2D eigenvalue weighted by Gasteiger charge is 2.11. The molecule has 0 saturated heterocycles. The van der Waals surface area contributed by atoms with Crippen molar-refractivity contribution >= 4 is 17.3 Å². The highest BCUT2D eigenvalue weighted by Crippen LogP contribution is 2.26. The van der Waals surface area contributed by atoms with Gasteiger partial charge < -0.3 is 10.4 Å². The maximum atomic E-state index is 10.7. The van der Waals surface area contributed by atoms with Crippen LogP contribution in [0.25, 0.3) is 0 Å². The van der Waals surface area contributed by atoms with Crippen LogP contribution in [0.2, 0.25) is 0 Å². The molecule has 1 heterocycles. The molecule has 0 amide bonds. The Bertz CT molecular complexity index is 621. The number of nitrogens with one attached hydrogen (secondary N) is 1. The van der Waals surface area contributed by atoms with Gasteiger partial charge >= 0.3 is 5.97 Å². The molecule has 19 heavy (non-hydrogen) atoms. The molecule has 1 aromatic heterocycles. The van der Waals surface area contributed by atoms with Crippen molar-refractivity contribution in [3.63, 3.8) is 0 Å². The summed E-state index contributed by atoms with van der Waals surface area (Å²) in [6.07, 6.45) is 5.08. The predicted octanol–water partition coefficient (Wildman–Crippen LogP) is 3.01. The summed E-state index contributed by atoms with van der Waals surface area (Å²) in [6.45, 7) is 0. The molecule has 1 aromatic carbocycles. The predicted molar refractivity (Wildman–Crippen MR) is 72.9 cm³/mol. The number of rotatable bonds is 3. The second kappa shape index (κ2) is 4.72. The molecule has 1 aliphatic carbocycles. The summed E-state index contributed by atoms with van der Waals surface area (Å²) >= 11 is 0. The first kappa shape index (κ1) is 11.7. The molecule has 0 radical (unpaired) electrons. The number of aromatic nitrogens is 1. The largest absolute Gasteiger partial charge is 0.477 e. The van der Waals surface area contributed by atoms with E-state index in [0.717, 1.165) is 17.8 Å². The number of carboxylic acids is 1. The molecule has 2 aromatic rings. The van der Waals surface area contributed by atoms with Gasteiger partial charge in [-0.05, 0) is 54.7 Å². The van der Waals surface area contributed by atoms with Crippen LogP contribution in [0.5, 0.6) is 0 Å². The van der Waals surface area contributed by atoms with Crippen LogP contribution in [0.1, 0.15) is 28.0 Å². The third-order valence-electron chi connectivity index (χ3n) is 3.37. The van der Waals surface area contributed by atoms with Gasteiger partial charge in [-0.3, -0.25) is 0 Å². The number of anilines is 2. The number of aryl methyl sites for hydroxylation is 2. The van der Waals surface area contributed by atoms with E-state index >= 15 is 0 Å². The summed E-state index contributed by atoms with van der Waals surface area (Å²) in [7, 11) is 0. The second-order valence-electron chi connectivity index (χ2n) is 4.70. The van der Waals surface area contributed by atoms with E-state index < -0.39 is 5.97 Å². The Morgan fingerprint density at radius 3 is 2.63 bits per heavy atom. The van der Waals surface area contributed by atoms with Crippen LogP contribution in [0, 0.1) is 0 Å². The number of aromatic carboxylic acids is 1. The molecule has 3 rings (SSSR count). The maximum Gasteiger partial charge on any atom is 0.354 e. The van der Waals surface area contributed by atoms with Gasteiger partial charge in [-0.25, -0.2) is 9.78 Å². The fourth-order valence-electron chi connectivity index (χ4n) is 2.41. The lowest BCUT2D eigenvalue weighted by molar-refractivity contribution is 0.0690. The average molecular weight is 254 g/mol. The lowest BCUT2D eigenvalue weighted by atomic mass is 10.1.